The second kappa shape index (κ2) is 6.78. The predicted octanol–water partition coefficient (Wildman–Crippen LogP) is 2.22. The number of hydrogen-bond acceptors (Lipinski definition) is 4. The molecule has 1 amide bonds. The van der Waals surface area contributed by atoms with Gasteiger partial charge in [0.15, 0.2) is 11.5 Å². The number of anilines is 2. The maximum absolute atomic E-state index is 13.2. The quantitative estimate of drug-likeness (QED) is 0.932. The van der Waals surface area contributed by atoms with Crippen molar-refractivity contribution in [3.63, 3.8) is 0 Å². The van der Waals surface area contributed by atoms with Gasteiger partial charge in [-0.15, -0.1) is 0 Å². The minimum Gasteiger partial charge on any atom is -0.371 e. The second-order valence-corrected chi connectivity index (χ2v) is 6.70. The number of rotatable bonds is 3. The Morgan fingerprint density at radius 1 is 1.04 bits per heavy atom. The van der Waals surface area contributed by atoms with Gasteiger partial charge < -0.3 is 19.7 Å². The number of aryl methyl sites for hydroxylation is 1. The molecule has 3 heterocycles. The second-order valence-electron chi connectivity index (χ2n) is 6.70. The largest absolute Gasteiger partial charge is 0.371 e. The molecule has 1 saturated heterocycles. The Morgan fingerprint density at radius 3 is 2.52 bits per heavy atom. The maximum Gasteiger partial charge on any atom is 0.274 e. The normalized spacial score (nSPS) is 17.3. The molecule has 0 spiro atoms. The number of imidazole rings is 1. The van der Waals surface area contributed by atoms with Crippen LogP contribution >= 0.6 is 0 Å². The zero-order chi connectivity index (χ0) is 17.2. The van der Waals surface area contributed by atoms with E-state index in [2.05, 4.69) is 44.0 Å². The lowest BCUT2D eigenvalue weighted by Gasteiger charge is -2.36. The number of fused-ring (bicyclic) bond motifs is 1. The molecule has 0 atom stereocenters. The number of aromatic nitrogens is 2. The number of carbonyl (C=O) groups is 1. The molecule has 1 N–H and O–H groups in total. The van der Waals surface area contributed by atoms with Crippen molar-refractivity contribution in [3.05, 3.63) is 41.9 Å². The summed E-state index contributed by atoms with van der Waals surface area (Å²) in [5.41, 5.74) is 1.97. The fourth-order valence-electron chi connectivity index (χ4n) is 3.83. The monoisotopic (exact) mass is 339 g/mol. The number of benzene rings is 1. The highest BCUT2D eigenvalue weighted by atomic mass is 16.2. The van der Waals surface area contributed by atoms with Gasteiger partial charge in [0.25, 0.3) is 5.91 Å². The van der Waals surface area contributed by atoms with Gasteiger partial charge in [0, 0.05) is 51.9 Å². The Hall–Kier alpha value is -2.50. The Balaban J connectivity index is 1.50. The summed E-state index contributed by atoms with van der Waals surface area (Å²) in [6.07, 6.45) is 3.24. The fourth-order valence-corrected chi connectivity index (χ4v) is 3.83. The zero-order valence-corrected chi connectivity index (χ0v) is 14.7. The van der Waals surface area contributed by atoms with Gasteiger partial charge in [0.05, 0.1) is 0 Å². The third-order valence-electron chi connectivity index (χ3n) is 5.21. The number of carbonyl (C=O) groups excluding carboxylic acids is 1. The predicted molar refractivity (Wildman–Crippen MR) is 99.3 cm³/mol. The Labute approximate surface area is 148 Å². The summed E-state index contributed by atoms with van der Waals surface area (Å²) in [6, 6.07) is 10.4. The van der Waals surface area contributed by atoms with Crippen LogP contribution in [0.3, 0.4) is 0 Å². The third-order valence-corrected chi connectivity index (χ3v) is 5.21. The first-order valence-electron chi connectivity index (χ1n) is 9.14. The van der Waals surface area contributed by atoms with Gasteiger partial charge in [-0.2, -0.15) is 0 Å². The third kappa shape index (κ3) is 2.97. The first kappa shape index (κ1) is 16.0. The Morgan fingerprint density at radius 2 is 1.80 bits per heavy atom. The molecule has 1 aromatic carbocycles. The van der Waals surface area contributed by atoms with E-state index in [1.165, 1.54) is 5.69 Å². The van der Waals surface area contributed by atoms with Crippen molar-refractivity contribution in [2.24, 2.45) is 0 Å². The molecule has 0 unspecified atom stereocenters. The number of nitrogens with zero attached hydrogens (tertiary/aromatic N) is 4. The molecule has 1 aromatic heterocycles. The molecular formula is C19H25N5O. The van der Waals surface area contributed by atoms with Gasteiger partial charge in [-0.05, 0) is 25.0 Å². The van der Waals surface area contributed by atoms with Crippen molar-refractivity contribution < 1.29 is 4.79 Å². The van der Waals surface area contributed by atoms with Crippen molar-refractivity contribution >= 4 is 17.4 Å². The van der Waals surface area contributed by atoms with Crippen molar-refractivity contribution in [2.45, 2.75) is 25.8 Å². The van der Waals surface area contributed by atoms with Crippen LogP contribution in [0.5, 0.6) is 0 Å². The van der Waals surface area contributed by atoms with Gasteiger partial charge in [0.2, 0.25) is 0 Å². The van der Waals surface area contributed by atoms with E-state index >= 15 is 0 Å². The molecule has 0 aliphatic carbocycles. The van der Waals surface area contributed by atoms with E-state index in [-0.39, 0.29) is 5.91 Å². The summed E-state index contributed by atoms with van der Waals surface area (Å²) in [7, 11) is 1.85. The highest BCUT2D eigenvalue weighted by molar-refractivity contribution is 5.97. The molecule has 4 rings (SSSR count). The number of amides is 1. The maximum atomic E-state index is 13.2. The molecule has 0 radical (unpaired) electrons. The van der Waals surface area contributed by atoms with Gasteiger partial charge in [-0.25, -0.2) is 4.98 Å². The molecule has 2 aliphatic heterocycles. The van der Waals surface area contributed by atoms with Gasteiger partial charge in [0.1, 0.15) is 5.82 Å². The molecule has 1 fully saturated rings. The first-order chi connectivity index (χ1) is 12.3. The molecule has 0 saturated carbocycles. The minimum absolute atomic E-state index is 0.109. The molecule has 25 heavy (non-hydrogen) atoms. The summed E-state index contributed by atoms with van der Waals surface area (Å²) < 4.78 is 2.13. The van der Waals surface area contributed by atoms with Crippen LogP contribution in [0.4, 0.5) is 11.5 Å². The molecular weight excluding hydrogens is 314 g/mol. The lowest BCUT2D eigenvalue weighted by atomic mass is 10.1. The van der Waals surface area contributed by atoms with E-state index in [9.17, 15) is 4.79 Å². The standard InChI is InChI=1S/C19H25N5O/c1-20-18-17(24-10-6-5-9-16(24)21-18)19(25)23-13-11-22(12-14-23)15-7-3-2-4-8-15/h2-4,7-8,20H,5-6,9-14H2,1H3. The van der Waals surface area contributed by atoms with Crippen LogP contribution in [-0.4, -0.2) is 53.6 Å². The van der Waals surface area contributed by atoms with E-state index in [0.29, 0.717) is 0 Å². The highest BCUT2D eigenvalue weighted by Gasteiger charge is 2.29. The Kier molecular flexibility index (Phi) is 4.34. The zero-order valence-electron chi connectivity index (χ0n) is 14.7. The van der Waals surface area contributed by atoms with Crippen LogP contribution in [0.1, 0.15) is 29.2 Å². The molecule has 2 aromatic rings. The fraction of sp³-hybridized carbons (Fsp3) is 0.474. The number of piperazine rings is 1. The summed E-state index contributed by atoms with van der Waals surface area (Å²) in [5.74, 6) is 1.88. The number of nitrogens with one attached hydrogen (secondary N) is 1. The van der Waals surface area contributed by atoms with Crippen LogP contribution in [0, 0.1) is 0 Å². The van der Waals surface area contributed by atoms with Gasteiger partial charge in [-0.1, -0.05) is 18.2 Å². The van der Waals surface area contributed by atoms with Crippen LogP contribution < -0.4 is 10.2 Å². The molecule has 2 aliphatic rings. The molecule has 132 valence electrons. The smallest absolute Gasteiger partial charge is 0.274 e. The van der Waals surface area contributed by atoms with Crippen molar-refractivity contribution in [3.8, 4) is 0 Å². The number of para-hydroxylation sites is 1. The lowest BCUT2D eigenvalue weighted by Crippen LogP contribution is -2.49. The average Bonchev–Trinajstić information content (AvgIpc) is 3.07. The van der Waals surface area contributed by atoms with Crippen LogP contribution in [0.15, 0.2) is 30.3 Å². The van der Waals surface area contributed by atoms with Crippen LogP contribution in [-0.2, 0) is 13.0 Å². The van der Waals surface area contributed by atoms with E-state index in [1.54, 1.807) is 0 Å². The summed E-state index contributed by atoms with van der Waals surface area (Å²) in [4.78, 5) is 22.1. The first-order valence-corrected chi connectivity index (χ1v) is 9.14. The SMILES string of the molecule is CNc1nc2n(c1C(=O)N1CCN(c3ccccc3)CC1)CCCC2. The molecule has 6 nitrogen and oxygen atoms in total. The lowest BCUT2D eigenvalue weighted by molar-refractivity contribution is 0.0735. The van der Waals surface area contributed by atoms with Crippen molar-refractivity contribution in [1.29, 1.82) is 0 Å². The summed E-state index contributed by atoms with van der Waals surface area (Å²) in [6.45, 7) is 4.13. The van der Waals surface area contributed by atoms with Gasteiger partial charge >= 0.3 is 0 Å². The van der Waals surface area contributed by atoms with Gasteiger partial charge in [-0.3, -0.25) is 4.79 Å². The topological polar surface area (TPSA) is 53.4 Å². The average molecular weight is 339 g/mol. The minimum atomic E-state index is 0.109. The summed E-state index contributed by atoms with van der Waals surface area (Å²) >= 11 is 0. The van der Waals surface area contributed by atoms with Crippen LogP contribution in [0.2, 0.25) is 0 Å². The van der Waals surface area contributed by atoms with Crippen molar-refractivity contribution in [2.75, 3.05) is 43.4 Å². The molecule has 0 bridgehead atoms. The Bertz CT molecular complexity index is 747. The van der Waals surface area contributed by atoms with Crippen LogP contribution in [0.25, 0.3) is 0 Å². The summed E-state index contributed by atoms with van der Waals surface area (Å²) in [5, 5.41) is 3.12. The number of hydrogen-bond donors (Lipinski definition) is 1. The molecule has 6 heteroatoms. The highest BCUT2D eigenvalue weighted by Crippen LogP contribution is 2.25. The van der Waals surface area contributed by atoms with E-state index in [1.807, 2.05) is 18.0 Å². The van der Waals surface area contributed by atoms with E-state index in [4.69, 9.17) is 0 Å². The van der Waals surface area contributed by atoms with E-state index < -0.39 is 0 Å². The van der Waals surface area contributed by atoms with Crippen molar-refractivity contribution in [1.82, 2.24) is 14.5 Å². The van der Waals surface area contributed by atoms with E-state index in [0.717, 1.165) is 69.3 Å².